The molecule has 3 amide bonds. The van der Waals surface area contributed by atoms with Gasteiger partial charge in [-0.25, -0.2) is 9.59 Å². The number of alkyl carbamates (subject to hydrolysis) is 1. The minimum atomic E-state index is -1.33. The molecule has 338 valence electrons. The van der Waals surface area contributed by atoms with Gasteiger partial charge in [0.25, 0.3) is 0 Å². The zero-order valence-electron chi connectivity index (χ0n) is 36.7. The van der Waals surface area contributed by atoms with Crippen LogP contribution in [-0.4, -0.2) is 97.9 Å². The van der Waals surface area contributed by atoms with Gasteiger partial charge in [-0.2, -0.15) is 0 Å². The van der Waals surface area contributed by atoms with E-state index in [0.29, 0.717) is 26.5 Å². The second-order valence-electron chi connectivity index (χ2n) is 16.4. The molecule has 0 heterocycles. The third kappa shape index (κ3) is 15.4. The second-order valence-corrected chi connectivity index (χ2v) is 20.2. The zero-order chi connectivity index (χ0) is 46.6. The molecule has 4 N–H and O–H groups in total. The summed E-state index contributed by atoms with van der Waals surface area (Å²) < 4.78 is 39.4. The van der Waals surface area contributed by atoms with Gasteiger partial charge in [0.1, 0.15) is 29.0 Å². The number of thioether (sulfide) groups is 1. The van der Waals surface area contributed by atoms with E-state index in [4.69, 9.17) is 14.2 Å². The highest BCUT2D eigenvalue weighted by Crippen LogP contribution is 2.45. The van der Waals surface area contributed by atoms with Crippen LogP contribution in [-0.2, 0) is 61.4 Å². The third-order valence-electron chi connectivity index (χ3n) is 9.16. The Bertz CT molecular complexity index is 2060. The average Bonchev–Trinajstić information content (AvgIpc) is 3.16. The Balaban J connectivity index is 1.85. The summed E-state index contributed by atoms with van der Waals surface area (Å²) in [5.74, 6) is -3.89. The van der Waals surface area contributed by atoms with Crippen LogP contribution in [0.2, 0.25) is 0 Å². The fourth-order valence-electron chi connectivity index (χ4n) is 6.36. The molecule has 5 atom stereocenters. The van der Waals surface area contributed by atoms with Crippen LogP contribution in [0.4, 0.5) is 9.59 Å². The molecule has 3 aromatic carbocycles. The third-order valence-corrected chi connectivity index (χ3v) is 12.4. The number of hydrogen-bond donors (Lipinski definition) is 4. The first-order valence-electron chi connectivity index (χ1n) is 19.6. The SMILES string of the molecule is CSC(c1ccc(S(C)=O)cc1)(c1ccc(S(C)=O)cc1)[C@H](NC(=O)[C@H](CCNC(=O)Oc1ccc(C[C@H](CC(=O)OC(C)(C)C)C(=O)O)cc1)NC(=O)OC(C)(C)C)C(C)=O. The van der Waals surface area contributed by atoms with Crippen molar-refractivity contribution in [1.82, 2.24) is 16.0 Å². The lowest BCUT2D eigenvalue weighted by Gasteiger charge is -2.40. The Morgan fingerprint density at radius 2 is 1.23 bits per heavy atom. The van der Waals surface area contributed by atoms with Crippen LogP contribution in [0.25, 0.3) is 0 Å². The van der Waals surface area contributed by atoms with E-state index in [1.54, 1.807) is 121 Å². The maximum atomic E-state index is 14.3. The highest BCUT2D eigenvalue weighted by molar-refractivity contribution is 7.99. The van der Waals surface area contributed by atoms with Crippen LogP contribution in [0.3, 0.4) is 0 Å². The van der Waals surface area contributed by atoms with Gasteiger partial charge in [0, 0.05) is 50.4 Å². The van der Waals surface area contributed by atoms with Crippen LogP contribution in [0, 0.1) is 5.92 Å². The summed E-state index contributed by atoms with van der Waals surface area (Å²) in [5.41, 5.74) is 0.0907. The van der Waals surface area contributed by atoms with E-state index in [1.165, 1.54) is 30.8 Å². The van der Waals surface area contributed by atoms with Crippen molar-refractivity contribution in [3.8, 4) is 5.75 Å². The molecule has 0 saturated heterocycles. The quantitative estimate of drug-likeness (QED) is 0.103. The summed E-state index contributed by atoms with van der Waals surface area (Å²) in [6, 6.07) is 17.2. The topological polar surface area (TPSA) is 221 Å². The maximum absolute atomic E-state index is 14.3. The maximum Gasteiger partial charge on any atom is 0.412 e. The molecule has 0 aliphatic rings. The predicted octanol–water partition coefficient (Wildman–Crippen LogP) is 5.89. The lowest BCUT2D eigenvalue weighted by Crippen LogP contribution is -2.58. The first kappa shape index (κ1) is 51.3. The van der Waals surface area contributed by atoms with Gasteiger partial charge < -0.3 is 35.3 Å². The van der Waals surface area contributed by atoms with Gasteiger partial charge in [-0.3, -0.25) is 27.6 Å². The van der Waals surface area contributed by atoms with E-state index in [0.717, 1.165) is 0 Å². The minimum Gasteiger partial charge on any atom is -0.481 e. The number of ketones is 1. The van der Waals surface area contributed by atoms with Crippen molar-refractivity contribution in [2.24, 2.45) is 5.92 Å². The molecular formula is C44H57N3O12S3. The van der Waals surface area contributed by atoms with Crippen molar-refractivity contribution in [1.29, 1.82) is 0 Å². The number of Topliss-reactive ketones (excluding diaryl/α,β-unsaturated/α-hetero) is 1. The van der Waals surface area contributed by atoms with Gasteiger partial charge >= 0.3 is 24.1 Å². The first-order valence-corrected chi connectivity index (χ1v) is 23.9. The molecule has 0 saturated carbocycles. The Morgan fingerprint density at radius 3 is 1.65 bits per heavy atom. The molecule has 2 unspecified atom stereocenters. The summed E-state index contributed by atoms with van der Waals surface area (Å²) in [4.78, 5) is 79.2. The molecular weight excluding hydrogens is 859 g/mol. The van der Waals surface area contributed by atoms with Crippen LogP contribution >= 0.6 is 11.8 Å². The van der Waals surface area contributed by atoms with E-state index in [-0.39, 0.29) is 31.6 Å². The van der Waals surface area contributed by atoms with Crippen molar-refractivity contribution < 1.29 is 56.5 Å². The predicted molar refractivity (Wildman–Crippen MR) is 238 cm³/mol. The summed E-state index contributed by atoms with van der Waals surface area (Å²) >= 11 is 1.28. The molecule has 3 aromatic rings. The molecule has 0 aliphatic heterocycles. The van der Waals surface area contributed by atoms with E-state index >= 15 is 0 Å². The van der Waals surface area contributed by atoms with E-state index in [9.17, 15) is 42.3 Å². The number of carboxylic acids is 1. The van der Waals surface area contributed by atoms with E-state index in [2.05, 4.69) is 16.0 Å². The van der Waals surface area contributed by atoms with E-state index < -0.39 is 91.4 Å². The van der Waals surface area contributed by atoms with Crippen molar-refractivity contribution in [2.45, 2.75) is 106 Å². The lowest BCUT2D eigenvalue weighted by molar-refractivity contribution is -0.159. The molecule has 3 rings (SSSR count). The summed E-state index contributed by atoms with van der Waals surface area (Å²) in [6.45, 7) is 11.2. The van der Waals surface area contributed by atoms with Crippen LogP contribution in [0.5, 0.6) is 5.75 Å². The highest BCUT2D eigenvalue weighted by atomic mass is 32.2. The number of ether oxygens (including phenoxy) is 3. The number of carbonyl (C=O) groups excluding carboxylic acids is 5. The van der Waals surface area contributed by atoms with Gasteiger partial charge in [0.2, 0.25) is 5.91 Å². The van der Waals surface area contributed by atoms with Crippen LogP contribution in [0.15, 0.2) is 82.6 Å². The number of carbonyl (C=O) groups is 6. The van der Waals surface area contributed by atoms with Gasteiger partial charge in [0.15, 0.2) is 5.78 Å². The van der Waals surface area contributed by atoms with Crippen molar-refractivity contribution >= 4 is 69.2 Å². The molecule has 0 aromatic heterocycles. The van der Waals surface area contributed by atoms with Crippen LogP contribution < -0.4 is 20.7 Å². The fourth-order valence-corrected chi connectivity index (χ4v) is 8.61. The van der Waals surface area contributed by atoms with E-state index in [1.807, 2.05) is 0 Å². The summed E-state index contributed by atoms with van der Waals surface area (Å²) in [5, 5.41) is 17.7. The smallest absolute Gasteiger partial charge is 0.412 e. The Labute approximate surface area is 372 Å². The monoisotopic (exact) mass is 915 g/mol. The summed E-state index contributed by atoms with van der Waals surface area (Å²) in [7, 11) is -2.59. The number of rotatable bonds is 19. The lowest BCUT2D eigenvalue weighted by atomic mass is 9.82. The van der Waals surface area contributed by atoms with Gasteiger partial charge in [-0.05, 0) is 121 Å². The molecule has 0 bridgehead atoms. The second kappa shape index (κ2) is 22.3. The van der Waals surface area contributed by atoms with Gasteiger partial charge in [-0.15, -0.1) is 11.8 Å². The van der Waals surface area contributed by atoms with Gasteiger partial charge in [0.05, 0.1) is 17.1 Å². The van der Waals surface area contributed by atoms with Crippen molar-refractivity contribution in [2.75, 3.05) is 25.3 Å². The fraction of sp³-hybridized carbons (Fsp3) is 0.455. The zero-order valence-corrected chi connectivity index (χ0v) is 39.1. The first-order chi connectivity index (χ1) is 28.8. The number of aliphatic carboxylic acids is 1. The molecule has 0 aliphatic carbocycles. The Hall–Kier alpha value is -5.07. The molecule has 15 nitrogen and oxygen atoms in total. The average molecular weight is 916 g/mol. The largest absolute Gasteiger partial charge is 0.481 e. The minimum absolute atomic E-state index is 0.0260. The number of hydrogen-bond acceptors (Lipinski definition) is 12. The summed E-state index contributed by atoms with van der Waals surface area (Å²) in [6.07, 6.45) is 2.59. The highest BCUT2D eigenvalue weighted by Gasteiger charge is 2.46. The van der Waals surface area contributed by atoms with Crippen molar-refractivity contribution in [3.63, 3.8) is 0 Å². The number of carboxylic acid groups (broad SMARTS) is 1. The molecule has 0 spiro atoms. The number of amides is 3. The Morgan fingerprint density at radius 1 is 0.726 bits per heavy atom. The Kier molecular flexibility index (Phi) is 18.5. The van der Waals surface area contributed by atoms with Gasteiger partial charge in [-0.1, -0.05) is 36.4 Å². The number of esters is 1. The number of benzene rings is 3. The standard InChI is InChI=1S/C44H57N3O12S3/c1-27(48)37(44(60-8,30-13-19-33(20-14-30)61(9)55)31-15-21-34(22-16-31)62(10)56)47-38(50)35(46-41(54)59-43(5,6)7)23-24-45-40(53)57-32-17-11-28(12-18-32)25-29(39(51)52)26-36(49)58-42(2,3)4/h11-22,29,35,37H,23-26H2,1-10H3,(H,45,53)(H,46,54)(H,47,50)(H,51,52)/t29-,35+,37-,44?,61?,62?/m1/s1. The van der Waals surface area contributed by atoms with Crippen LogP contribution in [0.1, 0.15) is 78.0 Å². The normalized spacial score (nSPS) is 15.0. The molecule has 0 radical (unpaired) electrons. The molecule has 62 heavy (non-hydrogen) atoms. The van der Waals surface area contributed by atoms with Crippen molar-refractivity contribution in [3.05, 3.63) is 89.5 Å². The number of nitrogens with one attached hydrogen (secondary N) is 3. The molecule has 18 heteroatoms. The molecule has 0 fully saturated rings.